The number of phenols is 2. The minimum Gasteiger partial charge on any atom is -0.507 e. The van der Waals surface area contributed by atoms with E-state index in [0.717, 1.165) is 25.4 Å². The summed E-state index contributed by atoms with van der Waals surface area (Å²) in [4.78, 5) is 56.1. The molecule has 13 nitrogen and oxygen atoms in total. The monoisotopic (exact) mass is 891 g/mol. The maximum absolute atomic E-state index is 14.0. The smallest absolute Gasteiger partial charge is 0.338 e. The van der Waals surface area contributed by atoms with E-state index in [1.807, 2.05) is 30.3 Å². The van der Waals surface area contributed by atoms with Crippen LogP contribution in [-0.2, 0) is 25.4 Å². The highest BCUT2D eigenvalue weighted by molar-refractivity contribution is 7.80. The summed E-state index contributed by atoms with van der Waals surface area (Å²) < 4.78 is 23.6. The summed E-state index contributed by atoms with van der Waals surface area (Å²) in [7, 11) is 4.32. The Morgan fingerprint density at radius 3 is 2.30 bits per heavy atom. The van der Waals surface area contributed by atoms with Crippen molar-refractivity contribution in [2.24, 2.45) is 5.73 Å². The molecule has 5 aromatic rings. The van der Waals surface area contributed by atoms with Crippen molar-refractivity contribution in [3.8, 4) is 38.8 Å². The van der Waals surface area contributed by atoms with E-state index in [-0.39, 0.29) is 52.4 Å². The van der Waals surface area contributed by atoms with Gasteiger partial charge >= 0.3 is 5.97 Å². The standard InChI is InChI=1S/C43H37NO12S3.ClH/c1-19-35(46)25(44)15-29(55-19)56-27-17-43(52,16-24-32(27)39(50)34-33(37(24)48)36(47)23-9-6-10-26(53-2)31(23)38(34)49)28(45)18-54-41(51)22-13-11-21(12-14-22)40-30(42(57)59-58-40)20-7-4-3-5-8-20;/h3-14,19,25,27,29,35,46,48,50,52H,15-18,44H2,1-2H3;1H/t19-,25-,27-,29-,35+,43-;/m0./s1. The molecule has 1 fully saturated rings. The predicted molar refractivity (Wildman–Crippen MR) is 226 cm³/mol. The zero-order valence-electron chi connectivity index (χ0n) is 31.9. The maximum Gasteiger partial charge on any atom is 0.338 e. The van der Waals surface area contributed by atoms with Gasteiger partial charge in [0.15, 0.2) is 18.7 Å². The molecule has 2 heterocycles. The number of aromatic hydroxyl groups is 2. The number of aliphatic hydroxyl groups is 2. The number of esters is 1. The quantitative estimate of drug-likeness (QED) is 0.0456. The van der Waals surface area contributed by atoms with E-state index in [4.69, 9.17) is 36.9 Å². The number of ketones is 3. The average molecular weight is 892 g/mol. The van der Waals surface area contributed by atoms with Crippen molar-refractivity contribution < 1.29 is 58.6 Å². The van der Waals surface area contributed by atoms with Gasteiger partial charge < -0.3 is 45.1 Å². The Balaban J connectivity index is 0.00000544. The molecule has 3 aliphatic rings. The number of fused-ring (bicyclic) bond motifs is 3. The number of ether oxygens (including phenoxy) is 4. The number of methoxy groups -OCH3 is 1. The fraction of sp³-hybridized carbons (Fsp3) is 0.279. The van der Waals surface area contributed by atoms with Gasteiger partial charge in [-0.05, 0) is 36.2 Å². The largest absolute Gasteiger partial charge is 0.507 e. The lowest BCUT2D eigenvalue weighted by molar-refractivity contribution is -0.247. The number of Topliss-reactive ketones (excluding diaryl/α,β-unsaturated/α-hetero) is 1. The number of nitrogens with two attached hydrogens (primary N) is 1. The molecule has 60 heavy (non-hydrogen) atoms. The molecule has 312 valence electrons. The third-order valence-corrected chi connectivity index (χ3v) is 14.1. The molecule has 0 bridgehead atoms. The number of rotatable bonds is 9. The van der Waals surface area contributed by atoms with Crippen molar-refractivity contribution >= 4 is 68.6 Å². The number of hydrogen-bond acceptors (Lipinski definition) is 16. The maximum atomic E-state index is 14.0. The summed E-state index contributed by atoms with van der Waals surface area (Å²) in [6.45, 7) is 0.687. The Labute approximate surface area is 361 Å². The van der Waals surface area contributed by atoms with E-state index in [9.17, 15) is 39.6 Å². The van der Waals surface area contributed by atoms with E-state index in [0.29, 0.717) is 0 Å². The number of benzene rings is 4. The molecule has 0 radical (unpaired) electrons. The van der Waals surface area contributed by atoms with E-state index < -0.39 is 102 Å². The molecule has 1 saturated heterocycles. The van der Waals surface area contributed by atoms with Crippen LogP contribution in [0.4, 0.5) is 0 Å². The molecular weight excluding hydrogens is 854 g/mol. The minimum absolute atomic E-state index is 0. The van der Waals surface area contributed by atoms with Gasteiger partial charge in [-0.15, -0.1) is 12.4 Å². The van der Waals surface area contributed by atoms with Gasteiger partial charge in [0.2, 0.25) is 11.6 Å². The average Bonchev–Trinajstić information content (AvgIpc) is 3.62. The predicted octanol–water partition coefficient (Wildman–Crippen LogP) is 6.47. The topological polar surface area (TPSA) is 212 Å². The molecule has 17 heteroatoms. The van der Waals surface area contributed by atoms with Crippen LogP contribution < -0.4 is 10.5 Å². The number of aliphatic hydroxyl groups excluding tert-OH is 1. The Hall–Kier alpha value is -4.88. The van der Waals surface area contributed by atoms with Crippen molar-refractivity contribution in [3.05, 3.63) is 116 Å². The zero-order chi connectivity index (χ0) is 41.9. The van der Waals surface area contributed by atoms with Gasteiger partial charge in [0.25, 0.3) is 0 Å². The highest BCUT2D eigenvalue weighted by Crippen LogP contribution is 2.52. The summed E-state index contributed by atoms with van der Waals surface area (Å²) >= 11 is 5.62. The molecule has 0 spiro atoms. The molecule has 0 amide bonds. The van der Waals surface area contributed by atoms with Crippen molar-refractivity contribution in [2.45, 2.75) is 62.4 Å². The number of carbonyl (C=O) groups is 4. The highest BCUT2D eigenvalue weighted by Gasteiger charge is 2.50. The number of carbonyl (C=O) groups excluding carboxylic acids is 4. The van der Waals surface area contributed by atoms with Gasteiger partial charge in [-0.2, -0.15) is 0 Å². The van der Waals surface area contributed by atoms with Crippen LogP contribution >= 0.6 is 45.3 Å². The Morgan fingerprint density at radius 2 is 1.62 bits per heavy atom. The molecule has 4 aromatic carbocycles. The lowest BCUT2D eigenvalue weighted by atomic mass is 9.72. The molecular formula is C43H38ClNO12S3. The van der Waals surface area contributed by atoms with Crippen LogP contribution in [0.5, 0.6) is 17.2 Å². The summed E-state index contributed by atoms with van der Waals surface area (Å²) in [6.07, 6.45) is -5.62. The van der Waals surface area contributed by atoms with Crippen LogP contribution in [0.25, 0.3) is 21.6 Å². The van der Waals surface area contributed by atoms with Gasteiger partial charge in [-0.25, -0.2) is 4.79 Å². The number of hydrogen-bond donors (Lipinski definition) is 5. The van der Waals surface area contributed by atoms with Gasteiger partial charge in [-0.3, -0.25) is 14.4 Å². The second-order valence-electron chi connectivity index (χ2n) is 14.7. The molecule has 0 unspecified atom stereocenters. The van der Waals surface area contributed by atoms with Crippen LogP contribution in [-0.4, -0.2) is 87.6 Å². The second-order valence-corrected chi connectivity index (χ2v) is 17.5. The van der Waals surface area contributed by atoms with Crippen molar-refractivity contribution in [3.63, 3.8) is 0 Å². The van der Waals surface area contributed by atoms with Crippen LogP contribution in [0.1, 0.15) is 79.2 Å². The first kappa shape index (κ1) is 43.2. The fourth-order valence-corrected chi connectivity index (χ4v) is 10.9. The van der Waals surface area contributed by atoms with Crippen molar-refractivity contribution in [1.29, 1.82) is 0 Å². The lowest BCUT2D eigenvalue weighted by Gasteiger charge is -2.42. The first-order chi connectivity index (χ1) is 28.2. The van der Waals surface area contributed by atoms with E-state index in [1.54, 1.807) is 31.2 Å². The third kappa shape index (κ3) is 7.46. The third-order valence-electron chi connectivity index (χ3n) is 11.1. The number of phenolic OH excluding ortho intramolecular Hbond substituents is 2. The zero-order valence-corrected chi connectivity index (χ0v) is 35.2. The summed E-state index contributed by atoms with van der Waals surface area (Å²) in [6, 6.07) is 19.9. The van der Waals surface area contributed by atoms with E-state index in [1.165, 1.54) is 46.0 Å². The van der Waals surface area contributed by atoms with Crippen LogP contribution in [0, 0.1) is 3.82 Å². The molecule has 6 N–H and O–H groups in total. The normalized spacial score (nSPS) is 23.1. The minimum atomic E-state index is -2.39. The van der Waals surface area contributed by atoms with Crippen LogP contribution in [0.2, 0.25) is 0 Å². The Kier molecular flexibility index (Phi) is 12.2. The van der Waals surface area contributed by atoms with Gasteiger partial charge in [0.05, 0.1) is 52.6 Å². The van der Waals surface area contributed by atoms with Gasteiger partial charge in [-0.1, -0.05) is 87.5 Å². The lowest BCUT2D eigenvalue weighted by Crippen LogP contribution is -2.53. The fourth-order valence-electron chi connectivity index (χ4n) is 8.01. The summed E-state index contributed by atoms with van der Waals surface area (Å²) in [5.41, 5.74) is 5.02. The second kappa shape index (κ2) is 16.9. The molecule has 6 atom stereocenters. The Morgan fingerprint density at radius 1 is 0.917 bits per heavy atom. The summed E-state index contributed by atoms with van der Waals surface area (Å²) in [5, 5.41) is 46.1. The molecule has 8 rings (SSSR count). The van der Waals surface area contributed by atoms with E-state index in [2.05, 4.69) is 0 Å². The van der Waals surface area contributed by atoms with Gasteiger partial charge in [0, 0.05) is 47.6 Å². The van der Waals surface area contributed by atoms with E-state index >= 15 is 0 Å². The molecule has 1 aromatic heterocycles. The summed E-state index contributed by atoms with van der Waals surface area (Å²) in [5.74, 6) is -4.78. The van der Waals surface area contributed by atoms with Crippen LogP contribution in [0.3, 0.4) is 0 Å². The van der Waals surface area contributed by atoms with Crippen molar-refractivity contribution in [2.75, 3.05) is 13.7 Å². The first-order valence-electron chi connectivity index (χ1n) is 18.6. The number of halogens is 1. The SMILES string of the molecule is COc1cccc2c1C(=O)c1c(O)c3c(c(O)c1C2=O)C[C@@](O)(C(=O)COC(=O)c1ccc(-c2ssc(=S)c2-c2ccccc2)cc1)C[C@@H]3O[C@H]1C[C@H](N)[C@H](O)[C@H](C)O1.Cl. The van der Waals surface area contributed by atoms with Crippen molar-refractivity contribution in [1.82, 2.24) is 0 Å². The Bertz CT molecular complexity index is 2580. The van der Waals surface area contributed by atoms with Gasteiger partial charge in [0.1, 0.15) is 26.7 Å². The first-order valence-corrected chi connectivity index (χ1v) is 21.1. The van der Waals surface area contributed by atoms with Crippen LogP contribution in [0.15, 0.2) is 72.8 Å². The molecule has 0 saturated carbocycles. The molecule has 1 aliphatic heterocycles. The molecule has 2 aliphatic carbocycles. The highest BCUT2D eigenvalue weighted by atomic mass is 35.5.